The van der Waals surface area contributed by atoms with Gasteiger partial charge in [-0.05, 0) is 19.2 Å². The minimum Gasteiger partial charge on any atom is -0.481 e. The Balaban J connectivity index is 2.18. The molecule has 2 atom stereocenters. The molecule has 1 aromatic carbocycles. The van der Waals surface area contributed by atoms with Gasteiger partial charge in [0.25, 0.3) is 5.69 Å². The highest BCUT2D eigenvalue weighted by molar-refractivity contribution is 6.30. The molecule has 1 aliphatic heterocycles. The van der Waals surface area contributed by atoms with Gasteiger partial charge in [-0.25, -0.2) is 0 Å². The molecule has 1 aliphatic rings. The molecule has 1 saturated heterocycles. The second-order valence-corrected chi connectivity index (χ2v) is 5.43. The van der Waals surface area contributed by atoms with E-state index in [0.717, 1.165) is 0 Å². The number of carboxylic acid groups (broad SMARTS) is 1. The summed E-state index contributed by atoms with van der Waals surface area (Å²) in [5.41, 5.74) is 0.420. The van der Waals surface area contributed by atoms with Crippen molar-refractivity contribution in [2.75, 3.05) is 20.3 Å². The van der Waals surface area contributed by atoms with Crippen LogP contribution in [0, 0.1) is 16.0 Å². The lowest BCUT2D eigenvalue weighted by atomic mass is 10.0. The molecule has 8 heteroatoms. The van der Waals surface area contributed by atoms with Crippen molar-refractivity contribution >= 4 is 23.3 Å². The van der Waals surface area contributed by atoms with Gasteiger partial charge in [-0.2, -0.15) is 0 Å². The second-order valence-electron chi connectivity index (χ2n) is 4.99. The van der Waals surface area contributed by atoms with Gasteiger partial charge in [-0.3, -0.25) is 19.8 Å². The fourth-order valence-electron chi connectivity index (χ4n) is 2.44. The summed E-state index contributed by atoms with van der Waals surface area (Å²) >= 11 is 5.77. The van der Waals surface area contributed by atoms with Gasteiger partial charge in [-0.1, -0.05) is 11.6 Å². The number of benzene rings is 1. The third-order valence-corrected chi connectivity index (χ3v) is 3.83. The Morgan fingerprint density at radius 3 is 2.90 bits per heavy atom. The average Bonchev–Trinajstić information content (AvgIpc) is 2.90. The van der Waals surface area contributed by atoms with Gasteiger partial charge >= 0.3 is 5.97 Å². The summed E-state index contributed by atoms with van der Waals surface area (Å²) in [7, 11) is 1.73. The van der Waals surface area contributed by atoms with Crippen LogP contribution in [0.15, 0.2) is 18.2 Å². The van der Waals surface area contributed by atoms with Crippen LogP contribution in [0.25, 0.3) is 0 Å². The lowest BCUT2D eigenvalue weighted by Gasteiger charge is -2.26. The molecule has 0 saturated carbocycles. The number of ether oxygens (including phenoxy) is 1. The van der Waals surface area contributed by atoms with Crippen LogP contribution in [0.4, 0.5) is 5.69 Å². The molecular formula is C13H15ClN2O5. The van der Waals surface area contributed by atoms with E-state index in [4.69, 9.17) is 21.4 Å². The zero-order valence-electron chi connectivity index (χ0n) is 11.4. The lowest BCUT2D eigenvalue weighted by Crippen LogP contribution is -2.40. The lowest BCUT2D eigenvalue weighted by molar-refractivity contribution is -0.385. The number of likely N-dealkylation sites (N-methyl/N-ethyl adjacent to an activating group) is 1. The fraction of sp³-hybridized carbons (Fsp3) is 0.462. The van der Waals surface area contributed by atoms with Crippen molar-refractivity contribution in [3.05, 3.63) is 38.9 Å². The minimum absolute atomic E-state index is 0.0693. The highest BCUT2D eigenvalue weighted by Crippen LogP contribution is 2.27. The Morgan fingerprint density at radius 2 is 2.29 bits per heavy atom. The number of carboxylic acids is 1. The van der Waals surface area contributed by atoms with E-state index >= 15 is 0 Å². The summed E-state index contributed by atoms with van der Waals surface area (Å²) in [5.74, 6) is -1.55. The molecule has 1 heterocycles. The van der Waals surface area contributed by atoms with Gasteiger partial charge in [0.1, 0.15) is 0 Å². The third-order valence-electron chi connectivity index (χ3n) is 3.60. The van der Waals surface area contributed by atoms with Crippen molar-refractivity contribution in [2.45, 2.75) is 12.6 Å². The normalized spacial score (nSPS) is 21.7. The molecule has 2 unspecified atom stereocenters. The van der Waals surface area contributed by atoms with Crippen LogP contribution < -0.4 is 0 Å². The summed E-state index contributed by atoms with van der Waals surface area (Å²) in [5, 5.41) is 20.5. The van der Waals surface area contributed by atoms with Gasteiger partial charge in [-0.15, -0.1) is 0 Å². The minimum atomic E-state index is -0.921. The Bertz CT molecular complexity index is 565. The molecule has 0 aliphatic carbocycles. The number of hydrogen-bond donors (Lipinski definition) is 1. The number of aliphatic carboxylic acids is 1. The van der Waals surface area contributed by atoms with E-state index in [0.29, 0.717) is 17.2 Å². The van der Waals surface area contributed by atoms with E-state index in [1.54, 1.807) is 24.1 Å². The SMILES string of the molecule is CN(Cc1ccc(Cl)cc1[N+](=O)[O-])C1COCC1C(=O)O. The van der Waals surface area contributed by atoms with Crippen LogP contribution in [-0.2, 0) is 16.1 Å². The van der Waals surface area contributed by atoms with Crippen molar-refractivity contribution < 1.29 is 19.6 Å². The number of carbonyl (C=O) groups is 1. The molecule has 0 amide bonds. The van der Waals surface area contributed by atoms with Crippen molar-refractivity contribution in [1.82, 2.24) is 4.90 Å². The molecule has 2 rings (SSSR count). The Morgan fingerprint density at radius 1 is 1.57 bits per heavy atom. The van der Waals surface area contributed by atoms with E-state index in [9.17, 15) is 14.9 Å². The van der Waals surface area contributed by atoms with E-state index in [1.165, 1.54) is 6.07 Å². The standard InChI is InChI=1S/C13H15ClN2O5/c1-15(12-7-21-6-10(12)13(17)18)5-8-2-3-9(14)4-11(8)16(19)20/h2-4,10,12H,5-7H2,1H3,(H,17,18). The molecule has 0 radical (unpaired) electrons. The predicted octanol–water partition coefficient (Wildman–Crippen LogP) is 1.78. The third kappa shape index (κ3) is 3.49. The van der Waals surface area contributed by atoms with Crippen LogP contribution in [0.3, 0.4) is 0 Å². The van der Waals surface area contributed by atoms with E-state index in [1.807, 2.05) is 0 Å². The van der Waals surface area contributed by atoms with Crippen molar-refractivity contribution in [3.63, 3.8) is 0 Å². The summed E-state index contributed by atoms with van der Waals surface area (Å²) in [4.78, 5) is 23.5. The molecule has 21 heavy (non-hydrogen) atoms. The van der Waals surface area contributed by atoms with E-state index < -0.39 is 16.8 Å². The van der Waals surface area contributed by atoms with Gasteiger partial charge in [0, 0.05) is 29.2 Å². The topological polar surface area (TPSA) is 92.9 Å². The maximum atomic E-state index is 11.2. The molecule has 0 aromatic heterocycles. The fourth-order valence-corrected chi connectivity index (χ4v) is 2.61. The zero-order valence-corrected chi connectivity index (χ0v) is 12.1. The van der Waals surface area contributed by atoms with Crippen LogP contribution in [-0.4, -0.2) is 47.2 Å². The number of hydrogen-bond acceptors (Lipinski definition) is 5. The Kier molecular flexibility index (Phi) is 4.76. The van der Waals surface area contributed by atoms with Gasteiger partial charge in [0.15, 0.2) is 0 Å². The summed E-state index contributed by atoms with van der Waals surface area (Å²) in [6, 6.07) is 4.16. The summed E-state index contributed by atoms with van der Waals surface area (Å²) in [6.07, 6.45) is 0. The van der Waals surface area contributed by atoms with Crippen LogP contribution >= 0.6 is 11.6 Å². The highest BCUT2D eigenvalue weighted by atomic mass is 35.5. The van der Waals surface area contributed by atoms with Crippen molar-refractivity contribution in [2.24, 2.45) is 5.92 Å². The van der Waals surface area contributed by atoms with Crippen LogP contribution in [0.2, 0.25) is 5.02 Å². The second kappa shape index (κ2) is 6.38. The maximum Gasteiger partial charge on any atom is 0.310 e. The van der Waals surface area contributed by atoms with Crippen molar-refractivity contribution in [1.29, 1.82) is 0 Å². The van der Waals surface area contributed by atoms with Crippen LogP contribution in [0.1, 0.15) is 5.56 Å². The van der Waals surface area contributed by atoms with Crippen molar-refractivity contribution in [3.8, 4) is 0 Å². The quantitative estimate of drug-likeness (QED) is 0.658. The molecule has 1 aromatic rings. The molecule has 0 spiro atoms. The number of halogens is 1. The van der Waals surface area contributed by atoms with E-state index in [2.05, 4.69) is 0 Å². The molecule has 7 nitrogen and oxygen atoms in total. The van der Waals surface area contributed by atoms with Crippen LogP contribution in [0.5, 0.6) is 0 Å². The molecule has 1 N–H and O–H groups in total. The number of rotatable bonds is 5. The maximum absolute atomic E-state index is 11.2. The van der Waals surface area contributed by atoms with Gasteiger partial charge in [0.2, 0.25) is 0 Å². The smallest absolute Gasteiger partial charge is 0.310 e. The summed E-state index contributed by atoms with van der Waals surface area (Å²) < 4.78 is 5.21. The van der Waals surface area contributed by atoms with E-state index in [-0.39, 0.29) is 24.9 Å². The number of nitrogens with zero attached hydrogens (tertiary/aromatic N) is 2. The first-order valence-electron chi connectivity index (χ1n) is 6.33. The summed E-state index contributed by atoms with van der Waals surface area (Å²) in [6.45, 7) is 0.715. The Labute approximate surface area is 126 Å². The zero-order chi connectivity index (χ0) is 15.6. The molecular weight excluding hydrogens is 300 g/mol. The highest BCUT2D eigenvalue weighted by Gasteiger charge is 2.37. The Hall–Kier alpha value is -1.70. The first-order valence-corrected chi connectivity index (χ1v) is 6.71. The molecule has 0 bridgehead atoms. The van der Waals surface area contributed by atoms with Gasteiger partial charge in [0.05, 0.1) is 24.1 Å². The largest absolute Gasteiger partial charge is 0.481 e. The average molecular weight is 315 g/mol. The first-order chi connectivity index (χ1) is 9.90. The molecule has 1 fully saturated rings. The number of nitro groups is 1. The van der Waals surface area contributed by atoms with Gasteiger partial charge < -0.3 is 9.84 Å². The molecule has 114 valence electrons. The predicted molar refractivity (Wildman–Crippen MR) is 75.3 cm³/mol. The number of nitro benzene ring substituents is 1. The monoisotopic (exact) mass is 314 g/mol. The first kappa shape index (κ1) is 15.7.